The van der Waals surface area contributed by atoms with Crippen molar-refractivity contribution < 1.29 is 9.18 Å². The molecular weight excluding hydrogens is 431 g/mol. The number of benzene rings is 2. The molecule has 0 radical (unpaired) electrons. The first-order valence-electron chi connectivity index (χ1n) is 11.8. The van der Waals surface area contributed by atoms with Crippen LogP contribution in [0.25, 0.3) is 11.0 Å². The molecule has 1 aromatic heterocycles. The van der Waals surface area contributed by atoms with Crippen LogP contribution in [-0.2, 0) is 4.79 Å². The minimum Gasteiger partial charge on any atom is -0.368 e. The standard InChI is InChI=1S/C26H29FN6O/c1-2-3-6-13-29-26(34)21(18-28)24-25(31-23-8-5-4-7-22(23)30-24)33-16-14-32(15-17-33)20-11-9-19(27)10-12-20/h4-5,7-12,21H,2-3,6,13-17H2,1H3,(H,29,34)/t21-/m1/s1. The summed E-state index contributed by atoms with van der Waals surface area (Å²) in [5.41, 5.74) is 2.74. The molecule has 2 heterocycles. The van der Waals surface area contributed by atoms with E-state index in [0.29, 0.717) is 49.8 Å². The van der Waals surface area contributed by atoms with Gasteiger partial charge in [-0.1, -0.05) is 31.9 Å². The van der Waals surface area contributed by atoms with Crippen LogP contribution in [0.5, 0.6) is 0 Å². The number of anilines is 2. The lowest BCUT2D eigenvalue weighted by Gasteiger charge is -2.37. The van der Waals surface area contributed by atoms with Crippen LogP contribution in [0.1, 0.15) is 37.8 Å². The first-order chi connectivity index (χ1) is 16.6. The van der Waals surface area contributed by atoms with Crippen LogP contribution in [0.4, 0.5) is 15.9 Å². The summed E-state index contributed by atoms with van der Waals surface area (Å²) in [6.45, 7) is 5.35. The molecule has 3 aromatic rings. The van der Waals surface area contributed by atoms with Gasteiger partial charge in [-0.15, -0.1) is 0 Å². The van der Waals surface area contributed by atoms with Gasteiger partial charge >= 0.3 is 0 Å². The van der Waals surface area contributed by atoms with Crippen molar-refractivity contribution in [3.05, 3.63) is 60.0 Å². The molecule has 7 nitrogen and oxygen atoms in total. The van der Waals surface area contributed by atoms with Crippen molar-refractivity contribution in [1.29, 1.82) is 5.26 Å². The van der Waals surface area contributed by atoms with Gasteiger partial charge in [-0.3, -0.25) is 4.79 Å². The number of unbranched alkanes of at least 4 members (excludes halogenated alkanes) is 2. The number of para-hydroxylation sites is 2. The molecule has 1 N–H and O–H groups in total. The van der Waals surface area contributed by atoms with Gasteiger partial charge in [-0.2, -0.15) is 5.26 Å². The Morgan fingerprint density at radius 1 is 1.03 bits per heavy atom. The Hall–Kier alpha value is -3.73. The van der Waals surface area contributed by atoms with E-state index in [9.17, 15) is 14.4 Å². The minimum absolute atomic E-state index is 0.256. The zero-order valence-electron chi connectivity index (χ0n) is 19.4. The van der Waals surface area contributed by atoms with Crippen LogP contribution in [0.3, 0.4) is 0 Å². The lowest BCUT2D eigenvalue weighted by Crippen LogP contribution is -2.47. The Balaban J connectivity index is 1.59. The van der Waals surface area contributed by atoms with E-state index in [1.54, 1.807) is 12.1 Å². The minimum atomic E-state index is -1.04. The Morgan fingerprint density at radius 3 is 2.32 bits per heavy atom. The summed E-state index contributed by atoms with van der Waals surface area (Å²) in [4.78, 5) is 26.8. The molecule has 0 aliphatic carbocycles. The number of hydrogen-bond donors (Lipinski definition) is 1. The number of fused-ring (bicyclic) bond motifs is 1. The van der Waals surface area contributed by atoms with Crippen LogP contribution in [0.2, 0.25) is 0 Å². The molecule has 0 saturated carbocycles. The van der Waals surface area contributed by atoms with E-state index < -0.39 is 5.92 Å². The molecule has 4 rings (SSSR count). The molecule has 0 bridgehead atoms. The number of carbonyl (C=O) groups excluding carboxylic acids is 1. The third-order valence-electron chi connectivity index (χ3n) is 6.09. The van der Waals surface area contributed by atoms with Gasteiger partial charge in [0.25, 0.3) is 0 Å². The van der Waals surface area contributed by atoms with Crippen LogP contribution in [0.15, 0.2) is 48.5 Å². The lowest BCUT2D eigenvalue weighted by molar-refractivity contribution is -0.121. The van der Waals surface area contributed by atoms with E-state index >= 15 is 0 Å². The molecule has 0 unspecified atom stereocenters. The fourth-order valence-electron chi connectivity index (χ4n) is 4.19. The summed E-state index contributed by atoms with van der Waals surface area (Å²) in [6, 6.07) is 16.1. The maximum absolute atomic E-state index is 13.3. The Labute approximate surface area is 199 Å². The number of aromatic nitrogens is 2. The molecule has 1 amide bonds. The van der Waals surface area contributed by atoms with Crippen LogP contribution < -0.4 is 15.1 Å². The molecule has 176 valence electrons. The molecule has 1 aliphatic rings. The quantitative estimate of drug-likeness (QED) is 0.512. The summed E-state index contributed by atoms with van der Waals surface area (Å²) in [5.74, 6) is -1.06. The monoisotopic (exact) mass is 460 g/mol. The van der Waals surface area contributed by atoms with E-state index in [1.807, 2.05) is 24.3 Å². The third-order valence-corrected chi connectivity index (χ3v) is 6.09. The molecule has 2 aromatic carbocycles. The van der Waals surface area contributed by atoms with Gasteiger partial charge in [0.1, 0.15) is 11.5 Å². The zero-order chi connectivity index (χ0) is 23.9. The number of hydrogen-bond acceptors (Lipinski definition) is 6. The molecule has 1 saturated heterocycles. The second-order valence-electron chi connectivity index (χ2n) is 8.43. The van der Waals surface area contributed by atoms with Gasteiger partial charge in [0.05, 0.1) is 17.1 Å². The van der Waals surface area contributed by atoms with Crippen molar-refractivity contribution in [3.63, 3.8) is 0 Å². The topological polar surface area (TPSA) is 85.1 Å². The van der Waals surface area contributed by atoms with Gasteiger partial charge in [-0.25, -0.2) is 14.4 Å². The summed E-state index contributed by atoms with van der Waals surface area (Å²) in [5, 5.41) is 12.8. The van der Waals surface area contributed by atoms with E-state index in [2.05, 4.69) is 28.1 Å². The zero-order valence-corrected chi connectivity index (χ0v) is 19.4. The first-order valence-corrected chi connectivity index (χ1v) is 11.8. The average Bonchev–Trinajstić information content (AvgIpc) is 2.87. The molecule has 34 heavy (non-hydrogen) atoms. The SMILES string of the molecule is CCCCCNC(=O)[C@H](C#N)c1nc2ccccc2nc1N1CCN(c2ccc(F)cc2)CC1. The van der Waals surface area contributed by atoms with Crippen LogP contribution in [-0.4, -0.2) is 48.6 Å². The van der Waals surface area contributed by atoms with E-state index in [4.69, 9.17) is 9.97 Å². The molecule has 1 atom stereocenters. The highest BCUT2D eigenvalue weighted by molar-refractivity contribution is 5.88. The first kappa shape index (κ1) is 23.4. The number of nitrogens with one attached hydrogen (secondary N) is 1. The average molecular weight is 461 g/mol. The van der Waals surface area contributed by atoms with Crippen molar-refractivity contribution in [2.75, 3.05) is 42.5 Å². The third kappa shape index (κ3) is 5.25. The van der Waals surface area contributed by atoms with E-state index in [1.165, 1.54) is 12.1 Å². The molecule has 0 spiro atoms. The van der Waals surface area contributed by atoms with Gasteiger partial charge in [0, 0.05) is 38.4 Å². The number of halogens is 1. The number of nitriles is 1. The highest BCUT2D eigenvalue weighted by Gasteiger charge is 2.30. The van der Waals surface area contributed by atoms with Crippen LogP contribution in [0, 0.1) is 17.1 Å². The molecule has 1 aliphatic heterocycles. The number of carbonyl (C=O) groups is 1. The maximum Gasteiger partial charge on any atom is 0.243 e. The molecule has 8 heteroatoms. The van der Waals surface area contributed by atoms with E-state index in [0.717, 1.165) is 30.5 Å². The van der Waals surface area contributed by atoms with Crippen molar-refractivity contribution in [3.8, 4) is 6.07 Å². The van der Waals surface area contributed by atoms with Gasteiger partial charge < -0.3 is 15.1 Å². The fraction of sp³-hybridized carbons (Fsp3) is 0.385. The van der Waals surface area contributed by atoms with Gasteiger partial charge in [0.2, 0.25) is 5.91 Å². The van der Waals surface area contributed by atoms with Crippen molar-refractivity contribution in [1.82, 2.24) is 15.3 Å². The fourth-order valence-corrected chi connectivity index (χ4v) is 4.19. The van der Waals surface area contributed by atoms with Crippen molar-refractivity contribution >= 4 is 28.4 Å². The Bertz CT molecular complexity index is 1170. The number of piperazine rings is 1. The highest BCUT2D eigenvalue weighted by Crippen LogP contribution is 2.29. The molecule has 1 fully saturated rings. The van der Waals surface area contributed by atoms with E-state index in [-0.39, 0.29) is 11.7 Å². The second-order valence-corrected chi connectivity index (χ2v) is 8.43. The predicted molar refractivity (Wildman–Crippen MR) is 131 cm³/mol. The largest absolute Gasteiger partial charge is 0.368 e. The molecular formula is C26H29FN6O. The van der Waals surface area contributed by atoms with Gasteiger partial charge in [0.15, 0.2) is 11.7 Å². The summed E-state index contributed by atoms with van der Waals surface area (Å²) < 4.78 is 13.3. The van der Waals surface area contributed by atoms with Gasteiger partial charge in [-0.05, 0) is 42.8 Å². The lowest BCUT2D eigenvalue weighted by atomic mass is 10.0. The smallest absolute Gasteiger partial charge is 0.243 e. The van der Waals surface area contributed by atoms with Crippen molar-refractivity contribution in [2.45, 2.75) is 32.1 Å². The predicted octanol–water partition coefficient (Wildman–Crippen LogP) is 4.01. The van der Waals surface area contributed by atoms with Crippen LogP contribution >= 0.6 is 0 Å². The maximum atomic E-state index is 13.3. The number of amides is 1. The number of rotatable bonds is 8. The Kier molecular flexibility index (Phi) is 7.53. The highest BCUT2D eigenvalue weighted by atomic mass is 19.1. The normalized spacial score (nSPS) is 14.6. The number of nitrogens with zero attached hydrogens (tertiary/aromatic N) is 5. The summed E-state index contributed by atoms with van der Waals surface area (Å²) >= 11 is 0. The second kappa shape index (κ2) is 10.9. The van der Waals surface area contributed by atoms with Crippen molar-refractivity contribution in [2.24, 2.45) is 0 Å². The summed E-state index contributed by atoms with van der Waals surface area (Å²) in [6.07, 6.45) is 2.96. The Morgan fingerprint density at radius 2 is 1.68 bits per heavy atom. The summed E-state index contributed by atoms with van der Waals surface area (Å²) in [7, 11) is 0.